The molecule has 4 rings (SSSR count). The second-order valence-corrected chi connectivity index (χ2v) is 7.30. The first-order valence-corrected chi connectivity index (χ1v) is 10.3. The largest absolute Gasteiger partial charge is 0.482 e. The third-order valence-electron chi connectivity index (χ3n) is 5.24. The molecule has 2 amide bonds. The zero-order valence-corrected chi connectivity index (χ0v) is 17.2. The maximum absolute atomic E-state index is 12.2. The molecular weight excluding hydrogens is 404 g/mol. The third kappa shape index (κ3) is 4.65. The normalized spacial score (nSPS) is 15.7. The van der Waals surface area contributed by atoms with Gasteiger partial charge in [0.1, 0.15) is 23.7 Å². The van der Waals surface area contributed by atoms with Gasteiger partial charge in [-0.3, -0.25) is 0 Å². The Bertz CT molecular complexity index is 1050. The van der Waals surface area contributed by atoms with E-state index in [0.29, 0.717) is 5.75 Å². The van der Waals surface area contributed by atoms with Gasteiger partial charge >= 0.3 is 18.0 Å². The number of hydrogen-bond donors (Lipinski definition) is 2. The SMILES string of the molecule is CCOC(=O)C1=C(COC(=O)COc2ccc3oc4c(c3c2)CCCC4)NC(=O)NC1. The van der Waals surface area contributed by atoms with Crippen LogP contribution in [0.25, 0.3) is 11.0 Å². The molecule has 2 heterocycles. The average Bonchev–Trinajstić information content (AvgIpc) is 3.14. The molecule has 164 valence electrons. The molecule has 31 heavy (non-hydrogen) atoms. The Morgan fingerprint density at radius 1 is 1.16 bits per heavy atom. The fraction of sp³-hybridized carbons (Fsp3) is 0.409. The Labute approximate surface area is 178 Å². The van der Waals surface area contributed by atoms with E-state index < -0.39 is 18.0 Å². The molecule has 2 N–H and O–H groups in total. The Morgan fingerprint density at radius 3 is 2.84 bits per heavy atom. The first-order chi connectivity index (χ1) is 15.0. The van der Waals surface area contributed by atoms with E-state index in [2.05, 4.69) is 10.6 Å². The number of aryl methyl sites for hydroxylation is 2. The van der Waals surface area contributed by atoms with Crippen molar-refractivity contribution in [1.29, 1.82) is 0 Å². The van der Waals surface area contributed by atoms with Gasteiger partial charge in [0.15, 0.2) is 6.61 Å². The van der Waals surface area contributed by atoms with E-state index in [1.165, 1.54) is 5.56 Å². The summed E-state index contributed by atoms with van der Waals surface area (Å²) in [4.78, 5) is 35.7. The molecule has 9 nitrogen and oxygen atoms in total. The number of hydrogen-bond acceptors (Lipinski definition) is 7. The summed E-state index contributed by atoms with van der Waals surface area (Å²) >= 11 is 0. The monoisotopic (exact) mass is 428 g/mol. The van der Waals surface area contributed by atoms with Crippen LogP contribution in [0.1, 0.15) is 31.1 Å². The van der Waals surface area contributed by atoms with Crippen molar-refractivity contribution >= 4 is 28.9 Å². The van der Waals surface area contributed by atoms with Crippen LogP contribution in [0.4, 0.5) is 4.79 Å². The Kier molecular flexibility index (Phi) is 6.11. The van der Waals surface area contributed by atoms with Gasteiger partial charge in [0, 0.05) is 17.4 Å². The fourth-order valence-corrected chi connectivity index (χ4v) is 3.74. The molecule has 0 radical (unpaired) electrons. The number of esters is 2. The second-order valence-electron chi connectivity index (χ2n) is 7.30. The highest BCUT2D eigenvalue weighted by Crippen LogP contribution is 2.33. The Hall–Kier alpha value is -3.49. The van der Waals surface area contributed by atoms with E-state index in [4.69, 9.17) is 18.6 Å². The predicted molar refractivity (Wildman–Crippen MR) is 110 cm³/mol. The molecule has 1 aromatic heterocycles. The lowest BCUT2D eigenvalue weighted by molar-refractivity contribution is -0.145. The Balaban J connectivity index is 1.36. The molecular formula is C22H24N2O7. The van der Waals surface area contributed by atoms with Gasteiger partial charge in [-0.15, -0.1) is 0 Å². The maximum Gasteiger partial charge on any atom is 0.344 e. The fourth-order valence-electron chi connectivity index (χ4n) is 3.74. The van der Waals surface area contributed by atoms with E-state index in [9.17, 15) is 14.4 Å². The van der Waals surface area contributed by atoms with E-state index >= 15 is 0 Å². The quantitative estimate of drug-likeness (QED) is 0.651. The Morgan fingerprint density at radius 2 is 2.00 bits per heavy atom. The zero-order chi connectivity index (χ0) is 21.8. The van der Waals surface area contributed by atoms with Gasteiger partial charge in [-0.05, 0) is 44.4 Å². The second kappa shape index (κ2) is 9.11. The van der Waals surface area contributed by atoms with Crippen LogP contribution in [0.2, 0.25) is 0 Å². The van der Waals surface area contributed by atoms with Crippen LogP contribution in [0.5, 0.6) is 5.75 Å². The van der Waals surface area contributed by atoms with Gasteiger partial charge in [-0.25, -0.2) is 14.4 Å². The molecule has 0 saturated heterocycles. The number of benzene rings is 1. The molecule has 1 aliphatic carbocycles. The smallest absolute Gasteiger partial charge is 0.344 e. The zero-order valence-electron chi connectivity index (χ0n) is 17.2. The number of carbonyl (C=O) groups is 3. The molecule has 0 saturated carbocycles. The van der Waals surface area contributed by atoms with Crippen molar-refractivity contribution in [3.05, 3.63) is 40.8 Å². The minimum Gasteiger partial charge on any atom is -0.482 e. The predicted octanol–water partition coefficient (Wildman–Crippen LogP) is 2.36. The van der Waals surface area contributed by atoms with Crippen LogP contribution in [0, 0.1) is 0 Å². The number of urea groups is 1. The van der Waals surface area contributed by atoms with Crippen LogP contribution in [-0.4, -0.2) is 44.3 Å². The van der Waals surface area contributed by atoms with E-state index in [-0.39, 0.29) is 37.6 Å². The molecule has 0 atom stereocenters. The first-order valence-electron chi connectivity index (χ1n) is 10.3. The number of nitrogens with one attached hydrogen (secondary N) is 2. The van der Waals surface area contributed by atoms with Gasteiger partial charge in [0.2, 0.25) is 0 Å². The van der Waals surface area contributed by atoms with Crippen molar-refractivity contribution in [3.63, 3.8) is 0 Å². The standard InChI is InChI=1S/C22H24N2O7/c1-2-28-21(26)16-10-23-22(27)24-17(16)11-30-20(25)12-29-13-7-8-19-15(9-13)14-5-3-4-6-18(14)31-19/h7-9H,2-6,10-12H2,1H3,(H2,23,24,27). The van der Waals surface area contributed by atoms with Gasteiger partial charge in [-0.1, -0.05) is 0 Å². The minimum atomic E-state index is -0.627. The summed E-state index contributed by atoms with van der Waals surface area (Å²) in [6.45, 7) is 1.31. The van der Waals surface area contributed by atoms with E-state index in [1.807, 2.05) is 12.1 Å². The maximum atomic E-state index is 12.2. The lowest BCUT2D eigenvalue weighted by Crippen LogP contribution is -2.45. The summed E-state index contributed by atoms with van der Waals surface area (Å²) in [7, 11) is 0. The minimum absolute atomic E-state index is 0.00306. The number of rotatable bonds is 7. The summed E-state index contributed by atoms with van der Waals surface area (Å²) in [5.41, 5.74) is 2.45. The molecule has 0 fully saturated rings. The van der Waals surface area contributed by atoms with Crippen molar-refractivity contribution in [2.45, 2.75) is 32.6 Å². The summed E-state index contributed by atoms with van der Waals surface area (Å²) in [5.74, 6) is 0.375. The molecule has 1 aromatic carbocycles. The van der Waals surface area contributed by atoms with E-state index in [0.717, 1.165) is 42.4 Å². The highest BCUT2D eigenvalue weighted by atomic mass is 16.6. The first kappa shape index (κ1) is 20.8. The van der Waals surface area contributed by atoms with Crippen LogP contribution >= 0.6 is 0 Å². The highest BCUT2D eigenvalue weighted by molar-refractivity contribution is 5.93. The topological polar surface area (TPSA) is 116 Å². The summed E-state index contributed by atoms with van der Waals surface area (Å²) in [5, 5.41) is 5.99. The lowest BCUT2D eigenvalue weighted by atomic mass is 9.96. The van der Waals surface area contributed by atoms with Gasteiger partial charge in [0.05, 0.1) is 24.4 Å². The summed E-state index contributed by atoms with van der Waals surface area (Å²) in [6, 6.07) is 4.99. The molecule has 2 aliphatic rings. The van der Waals surface area contributed by atoms with Crippen molar-refractivity contribution in [3.8, 4) is 5.75 Å². The number of carbonyl (C=O) groups excluding carboxylic acids is 3. The molecule has 0 spiro atoms. The van der Waals surface area contributed by atoms with Crippen molar-refractivity contribution in [2.75, 3.05) is 26.4 Å². The highest BCUT2D eigenvalue weighted by Gasteiger charge is 2.24. The number of amides is 2. The number of fused-ring (bicyclic) bond motifs is 3. The van der Waals surface area contributed by atoms with Crippen LogP contribution in [0.15, 0.2) is 33.9 Å². The summed E-state index contributed by atoms with van der Waals surface area (Å²) < 4.78 is 21.6. The molecule has 0 unspecified atom stereocenters. The van der Waals surface area contributed by atoms with E-state index in [1.54, 1.807) is 13.0 Å². The molecule has 9 heteroatoms. The van der Waals surface area contributed by atoms with Gasteiger partial charge in [0.25, 0.3) is 0 Å². The lowest BCUT2D eigenvalue weighted by Gasteiger charge is -2.21. The molecule has 1 aliphatic heterocycles. The third-order valence-corrected chi connectivity index (χ3v) is 5.24. The van der Waals surface area contributed by atoms with Crippen molar-refractivity contribution in [2.24, 2.45) is 0 Å². The van der Waals surface area contributed by atoms with Crippen LogP contribution in [0.3, 0.4) is 0 Å². The van der Waals surface area contributed by atoms with Gasteiger partial charge in [-0.2, -0.15) is 0 Å². The van der Waals surface area contributed by atoms with Gasteiger partial charge < -0.3 is 29.3 Å². The molecule has 0 bridgehead atoms. The number of ether oxygens (including phenoxy) is 3. The van der Waals surface area contributed by atoms with Crippen molar-refractivity contribution in [1.82, 2.24) is 10.6 Å². The van der Waals surface area contributed by atoms with Crippen LogP contribution < -0.4 is 15.4 Å². The van der Waals surface area contributed by atoms with Crippen LogP contribution in [-0.2, 0) is 31.9 Å². The van der Waals surface area contributed by atoms with Crippen molar-refractivity contribution < 1.29 is 33.0 Å². The molecule has 2 aromatic rings. The number of furan rings is 1. The summed E-state index contributed by atoms with van der Waals surface area (Å²) in [6.07, 6.45) is 4.19. The average molecular weight is 428 g/mol.